The molecule has 0 amide bonds. The number of fused-ring (bicyclic) bond motifs is 1. The van der Waals surface area contributed by atoms with Gasteiger partial charge in [-0.25, -0.2) is 0 Å². The third-order valence-corrected chi connectivity index (χ3v) is 4.43. The number of hydrogen-bond donors (Lipinski definition) is 1. The molecule has 2 rings (SSSR count). The fraction of sp³-hybridized carbons (Fsp3) is 0.375. The third-order valence-electron chi connectivity index (χ3n) is 3.65. The minimum Gasteiger partial charge on any atom is -0.468 e. The zero-order valence-electron chi connectivity index (χ0n) is 13.5. The number of ether oxygens (including phenoxy) is 2. The van der Waals surface area contributed by atoms with Crippen LogP contribution in [0.5, 0.6) is 0 Å². The number of nitrogens with one attached hydrogen (secondary N) is 1. The maximum Gasteiger partial charge on any atom is 0.447 e. The molecule has 0 aliphatic heterocycles. The summed E-state index contributed by atoms with van der Waals surface area (Å²) in [6.07, 6.45) is 0.0594. The van der Waals surface area contributed by atoms with E-state index in [4.69, 9.17) is 0 Å². The number of halogens is 3. The van der Waals surface area contributed by atoms with Crippen LogP contribution in [-0.2, 0) is 25.5 Å². The second kappa shape index (κ2) is 7.81. The van der Waals surface area contributed by atoms with Crippen molar-refractivity contribution in [3.05, 3.63) is 29.8 Å². The van der Waals surface area contributed by atoms with Crippen LogP contribution in [0.25, 0.3) is 10.9 Å². The zero-order valence-corrected chi connectivity index (χ0v) is 14.3. The number of aromatic amines is 1. The summed E-state index contributed by atoms with van der Waals surface area (Å²) >= 11 is -0.255. The predicted octanol–water partition coefficient (Wildman–Crippen LogP) is 3.67. The molecule has 0 aliphatic rings. The van der Waals surface area contributed by atoms with Gasteiger partial charge in [-0.15, -0.1) is 0 Å². The number of aryl methyl sites for hydroxylation is 1. The Morgan fingerprint density at radius 1 is 1.16 bits per heavy atom. The van der Waals surface area contributed by atoms with E-state index in [2.05, 4.69) is 14.5 Å². The summed E-state index contributed by atoms with van der Waals surface area (Å²) < 4.78 is 47.6. The second-order valence-corrected chi connectivity index (χ2v) is 6.24. The van der Waals surface area contributed by atoms with Crippen molar-refractivity contribution in [3.63, 3.8) is 0 Å². The molecule has 1 aromatic heterocycles. The van der Waals surface area contributed by atoms with Crippen LogP contribution in [0.4, 0.5) is 13.2 Å². The van der Waals surface area contributed by atoms with Gasteiger partial charge in [-0.05, 0) is 24.5 Å². The molecule has 0 bridgehead atoms. The fourth-order valence-corrected chi connectivity index (χ4v) is 3.26. The first-order valence-corrected chi connectivity index (χ1v) is 8.09. The molecular weight excluding hydrogens is 359 g/mol. The summed E-state index contributed by atoms with van der Waals surface area (Å²) in [6, 6.07) is 6.76. The van der Waals surface area contributed by atoms with Crippen molar-refractivity contribution in [3.8, 4) is 0 Å². The number of benzene rings is 1. The molecule has 0 atom stereocenters. The number of alkyl halides is 3. The van der Waals surface area contributed by atoms with Gasteiger partial charge in [-0.3, -0.25) is 9.59 Å². The van der Waals surface area contributed by atoms with Gasteiger partial charge in [0.1, 0.15) is 0 Å². The van der Waals surface area contributed by atoms with Gasteiger partial charge in [-0.2, -0.15) is 13.2 Å². The largest absolute Gasteiger partial charge is 0.468 e. The van der Waals surface area contributed by atoms with Gasteiger partial charge in [0.25, 0.3) is 0 Å². The van der Waals surface area contributed by atoms with Crippen molar-refractivity contribution in [2.45, 2.75) is 23.4 Å². The molecule has 1 heterocycles. The number of rotatable bonds is 6. The lowest BCUT2D eigenvalue weighted by Crippen LogP contribution is -2.27. The molecule has 0 saturated carbocycles. The zero-order chi connectivity index (χ0) is 18.6. The number of aromatic nitrogens is 1. The van der Waals surface area contributed by atoms with Crippen molar-refractivity contribution in [2.75, 3.05) is 14.2 Å². The van der Waals surface area contributed by atoms with E-state index in [1.807, 2.05) is 0 Å². The molecule has 2 aromatic rings. The summed E-state index contributed by atoms with van der Waals surface area (Å²) in [7, 11) is 2.27. The first-order chi connectivity index (χ1) is 11.8. The molecule has 5 nitrogen and oxygen atoms in total. The molecule has 0 fully saturated rings. The average molecular weight is 375 g/mol. The quantitative estimate of drug-likeness (QED) is 0.474. The van der Waals surface area contributed by atoms with Crippen LogP contribution in [-0.4, -0.2) is 36.7 Å². The Hall–Kier alpha value is -2.16. The van der Waals surface area contributed by atoms with Crippen molar-refractivity contribution in [1.82, 2.24) is 4.98 Å². The Morgan fingerprint density at radius 2 is 1.76 bits per heavy atom. The van der Waals surface area contributed by atoms with E-state index in [1.165, 1.54) is 0 Å². The normalized spacial score (nSPS) is 11.8. The summed E-state index contributed by atoms with van der Waals surface area (Å²) in [5.41, 5.74) is -3.51. The van der Waals surface area contributed by atoms with Gasteiger partial charge >= 0.3 is 17.4 Å². The van der Waals surface area contributed by atoms with Gasteiger partial charge in [0.2, 0.25) is 0 Å². The van der Waals surface area contributed by atoms with Gasteiger partial charge in [-0.1, -0.05) is 18.2 Å². The van der Waals surface area contributed by atoms with Crippen LogP contribution < -0.4 is 0 Å². The molecule has 136 valence electrons. The molecule has 0 radical (unpaired) electrons. The first kappa shape index (κ1) is 19.2. The van der Waals surface area contributed by atoms with Crippen molar-refractivity contribution < 1.29 is 32.2 Å². The van der Waals surface area contributed by atoms with Gasteiger partial charge in [0.15, 0.2) is 5.92 Å². The average Bonchev–Trinajstić information content (AvgIpc) is 2.89. The minimum atomic E-state index is -4.46. The SMILES string of the molecule is COC(=O)C(CCc1c(SC(F)(F)F)[nH]c2ccccc12)C(=O)OC. The molecule has 0 aliphatic carbocycles. The van der Waals surface area contributed by atoms with Crippen LogP contribution in [0, 0.1) is 5.92 Å². The first-order valence-electron chi connectivity index (χ1n) is 7.27. The lowest BCUT2D eigenvalue weighted by atomic mass is 9.99. The van der Waals surface area contributed by atoms with Crippen LogP contribution in [0.2, 0.25) is 0 Å². The van der Waals surface area contributed by atoms with E-state index in [0.29, 0.717) is 16.5 Å². The maximum absolute atomic E-state index is 12.8. The van der Waals surface area contributed by atoms with E-state index < -0.39 is 23.4 Å². The topological polar surface area (TPSA) is 68.4 Å². The van der Waals surface area contributed by atoms with Gasteiger partial charge in [0, 0.05) is 22.7 Å². The molecule has 1 N–H and O–H groups in total. The molecule has 25 heavy (non-hydrogen) atoms. The highest BCUT2D eigenvalue weighted by Crippen LogP contribution is 2.41. The van der Waals surface area contributed by atoms with Crippen molar-refractivity contribution in [2.24, 2.45) is 5.92 Å². The summed E-state index contributed by atoms with van der Waals surface area (Å²) in [5, 5.41) is 0.560. The van der Waals surface area contributed by atoms with E-state index in [1.54, 1.807) is 24.3 Å². The van der Waals surface area contributed by atoms with E-state index in [-0.39, 0.29) is 29.6 Å². The highest BCUT2D eigenvalue weighted by Gasteiger charge is 2.33. The molecular formula is C16H16F3NO4S. The predicted molar refractivity (Wildman–Crippen MR) is 86.1 cm³/mol. The van der Waals surface area contributed by atoms with E-state index in [9.17, 15) is 22.8 Å². The summed E-state index contributed by atoms with van der Waals surface area (Å²) in [5.74, 6) is -2.75. The van der Waals surface area contributed by atoms with Crippen LogP contribution in [0.1, 0.15) is 12.0 Å². The Bertz CT molecular complexity index is 756. The van der Waals surface area contributed by atoms with Crippen molar-refractivity contribution >= 4 is 34.6 Å². The Labute approximate surface area is 145 Å². The second-order valence-electron chi connectivity index (χ2n) is 5.16. The molecule has 0 unspecified atom stereocenters. The number of H-pyrrole nitrogens is 1. The Kier molecular flexibility index (Phi) is 5.99. The highest BCUT2D eigenvalue weighted by molar-refractivity contribution is 8.00. The number of methoxy groups -OCH3 is 2. The monoisotopic (exact) mass is 375 g/mol. The maximum atomic E-state index is 12.8. The van der Waals surface area contributed by atoms with Crippen LogP contribution in [0.15, 0.2) is 29.3 Å². The standard InChI is InChI=1S/C16H16F3NO4S/c1-23-14(21)11(15(22)24-2)8-7-10-9-5-3-4-6-12(9)20-13(10)25-16(17,18)19/h3-6,11,20H,7-8H2,1-2H3. The number of hydrogen-bond acceptors (Lipinski definition) is 5. The molecule has 0 saturated heterocycles. The van der Waals surface area contributed by atoms with Crippen molar-refractivity contribution in [1.29, 1.82) is 0 Å². The number of esters is 2. The van der Waals surface area contributed by atoms with E-state index in [0.717, 1.165) is 14.2 Å². The number of carbonyl (C=O) groups is 2. The Balaban J connectivity index is 2.33. The molecule has 9 heteroatoms. The number of thioether (sulfide) groups is 1. The molecule has 0 spiro atoms. The summed E-state index contributed by atoms with van der Waals surface area (Å²) in [4.78, 5) is 26.2. The van der Waals surface area contributed by atoms with Crippen LogP contribution >= 0.6 is 11.8 Å². The smallest absolute Gasteiger partial charge is 0.447 e. The van der Waals surface area contributed by atoms with Crippen LogP contribution in [0.3, 0.4) is 0 Å². The lowest BCUT2D eigenvalue weighted by Gasteiger charge is -2.13. The molecule has 1 aromatic carbocycles. The highest BCUT2D eigenvalue weighted by atomic mass is 32.2. The lowest BCUT2D eigenvalue weighted by molar-refractivity contribution is -0.159. The van der Waals surface area contributed by atoms with Gasteiger partial charge in [0.05, 0.1) is 19.2 Å². The van der Waals surface area contributed by atoms with E-state index >= 15 is 0 Å². The summed E-state index contributed by atoms with van der Waals surface area (Å²) in [6.45, 7) is 0. The minimum absolute atomic E-state index is 0.0212. The Morgan fingerprint density at radius 3 is 2.32 bits per heavy atom. The number of para-hydroxylation sites is 1. The number of carbonyl (C=O) groups excluding carboxylic acids is 2. The third kappa shape index (κ3) is 4.68. The van der Waals surface area contributed by atoms with Gasteiger partial charge < -0.3 is 14.5 Å². The fourth-order valence-electron chi connectivity index (χ4n) is 2.53.